The predicted molar refractivity (Wildman–Crippen MR) is 181 cm³/mol. The molecular formula is C40H33N3NiO3. The third kappa shape index (κ3) is 9.55. The molecule has 5 rings (SSSR count). The summed E-state index contributed by atoms with van der Waals surface area (Å²) in [6, 6.07) is 40.6. The minimum atomic E-state index is -1.46. The van der Waals surface area contributed by atoms with Gasteiger partial charge in [0, 0.05) is 23.9 Å². The molecule has 0 aliphatic rings. The summed E-state index contributed by atoms with van der Waals surface area (Å²) in [5, 5.41) is 26.1. The van der Waals surface area contributed by atoms with Crippen LogP contribution in [0.2, 0.25) is 0 Å². The molecule has 0 bridgehead atoms. The third-order valence-electron chi connectivity index (χ3n) is 7.51. The van der Waals surface area contributed by atoms with Crippen molar-refractivity contribution in [3.63, 3.8) is 0 Å². The SMILES string of the molecule is O=C([O-])C(C=NC(c1ccccc1)c1ccccc1N=C([O-])c1ccccn1)(C/C=C/c1ccccc1)C/C=C/c1ccccc1.[Ni+2]. The Hall–Kier alpha value is -5.39. The molecule has 0 spiro atoms. The molecule has 5 aromatic rings. The van der Waals surface area contributed by atoms with Crippen molar-refractivity contribution in [3.05, 3.63) is 180 Å². The van der Waals surface area contributed by atoms with Gasteiger partial charge < -0.3 is 15.0 Å². The molecule has 0 fully saturated rings. The first-order chi connectivity index (χ1) is 22.5. The molecule has 236 valence electrons. The van der Waals surface area contributed by atoms with Gasteiger partial charge in [-0.15, -0.1) is 0 Å². The second-order valence-electron chi connectivity index (χ2n) is 10.8. The average Bonchev–Trinajstić information content (AvgIpc) is 3.10. The molecule has 0 saturated carbocycles. The predicted octanol–water partition coefficient (Wildman–Crippen LogP) is 6.62. The van der Waals surface area contributed by atoms with Crippen LogP contribution in [0.5, 0.6) is 0 Å². The summed E-state index contributed by atoms with van der Waals surface area (Å²) in [6.07, 6.45) is 10.8. The van der Waals surface area contributed by atoms with E-state index in [0.717, 1.165) is 16.7 Å². The Morgan fingerprint density at radius 2 is 1.23 bits per heavy atom. The normalized spacial score (nSPS) is 12.7. The Balaban J connectivity index is 0.00000500. The summed E-state index contributed by atoms with van der Waals surface area (Å²) in [7, 11) is 0. The van der Waals surface area contributed by atoms with Gasteiger partial charge in [0.1, 0.15) is 6.04 Å². The smallest absolute Gasteiger partial charge is 0.857 e. The number of allylic oxidation sites excluding steroid dienone is 2. The fraction of sp³-hybridized carbons (Fsp3) is 0.100. The van der Waals surface area contributed by atoms with Crippen LogP contribution >= 0.6 is 0 Å². The van der Waals surface area contributed by atoms with Crippen LogP contribution in [0.1, 0.15) is 46.8 Å². The van der Waals surface area contributed by atoms with Crippen LogP contribution in [0.4, 0.5) is 5.69 Å². The molecule has 7 heteroatoms. The zero-order valence-corrected chi connectivity index (χ0v) is 26.5. The molecule has 0 aliphatic carbocycles. The Morgan fingerprint density at radius 3 is 1.79 bits per heavy atom. The molecule has 1 heterocycles. The minimum Gasteiger partial charge on any atom is -0.857 e. The van der Waals surface area contributed by atoms with Crippen LogP contribution in [-0.2, 0) is 21.3 Å². The standard InChI is InChI=1S/C40H35N3O3.Ni/c44-38(36-26-12-13-29-41-36)43-35-25-11-10-24-34(35)37(33-22-8-3-9-23-33)42-30-40(39(45)46,27-14-20-31-16-4-1-5-17-31)28-15-21-32-18-6-2-7-19-32;/h1-26,29-30,37H,27-28H2,(H,43,44)(H,45,46);/q;+2/p-2/b20-14+,21-15+,42-30?;. The zero-order chi connectivity index (χ0) is 32.0. The van der Waals surface area contributed by atoms with E-state index >= 15 is 0 Å². The van der Waals surface area contributed by atoms with E-state index in [9.17, 15) is 15.0 Å². The van der Waals surface area contributed by atoms with Crippen molar-refractivity contribution >= 4 is 35.9 Å². The number of aliphatic carboxylic acids is 1. The van der Waals surface area contributed by atoms with Crippen LogP contribution in [0.25, 0.3) is 12.2 Å². The summed E-state index contributed by atoms with van der Waals surface area (Å²) < 4.78 is 0. The Bertz CT molecular complexity index is 1770. The van der Waals surface area contributed by atoms with E-state index in [4.69, 9.17) is 4.99 Å². The summed E-state index contributed by atoms with van der Waals surface area (Å²) in [6.45, 7) is 0. The van der Waals surface area contributed by atoms with Crippen LogP contribution in [0, 0.1) is 5.41 Å². The van der Waals surface area contributed by atoms with Crippen molar-refractivity contribution in [1.29, 1.82) is 0 Å². The first-order valence-corrected chi connectivity index (χ1v) is 15.0. The van der Waals surface area contributed by atoms with Gasteiger partial charge in [0.25, 0.3) is 0 Å². The van der Waals surface area contributed by atoms with E-state index in [-0.39, 0.29) is 35.0 Å². The van der Waals surface area contributed by atoms with Crippen molar-refractivity contribution in [2.75, 3.05) is 0 Å². The van der Waals surface area contributed by atoms with Crippen molar-refractivity contribution in [2.24, 2.45) is 15.4 Å². The summed E-state index contributed by atoms with van der Waals surface area (Å²) in [4.78, 5) is 26.5. The molecule has 0 amide bonds. The number of benzene rings is 4. The number of hydrogen-bond acceptors (Lipinski definition) is 6. The number of hydrogen-bond donors (Lipinski definition) is 0. The minimum absolute atomic E-state index is 0. The maximum Gasteiger partial charge on any atom is 2.00 e. The number of carboxylic acid groups (broad SMARTS) is 1. The van der Waals surface area contributed by atoms with E-state index in [2.05, 4.69) is 9.98 Å². The average molecular weight is 662 g/mol. The van der Waals surface area contributed by atoms with E-state index < -0.39 is 23.3 Å². The van der Waals surface area contributed by atoms with Gasteiger partial charge in [0.2, 0.25) is 0 Å². The van der Waals surface area contributed by atoms with E-state index in [0.29, 0.717) is 11.3 Å². The number of nitrogens with zero attached hydrogens (tertiary/aromatic N) is 3. The maximum atomic E-state index is 13.0. The summed E-state index contributed by atoms with van der Waals surface area (Å²) in [5.74, 6) is -1.72. The van der Waals surface area contributed by atoms with Gasteiger partial charge in [0.05, 0.1) is 22.8 Å². The maximum absolute atomic E-state index is 13.0. The van der Waals surface area contributed by atoms with E-state index in [1.807, 2.05) is 127 Å². The number of aliphatic imine (C=N–C) groups is 2. The molecule has 1 atom stereocenters. The van der Waals surface area contributed by atoms with Gasteiger partial charge >= 0.3 is 16.5 Å². The van der Waals surface area contributed by atoms with Crippen molar-refractivity contribution in [1.82, 2.24) is 4.98 Å². The van der Waals surface area contributed by atoms with Gasteiger partial charge in [-0.3, -0.25) is 15.0 Å². The Morgan fingerprint density at radius 1 is 0.702 bits per heavy atom. The fourth-order valence-electron chi connectivity index (χ4n) is 5.02. The fourth-order valence-corrected chi connectivity index (χ4v) is 5.02. The van der Waals surface area contributed by atoms with Gasteiger partial charge in [-0.2, -0.15) is 0 Å². The van der Waals surface area contributed by atoms with Crippen LogP contribution in [0.15, 0.2) is 162 Å². The number of carbonyl (C=O) groups is 1. The second kappa shape index (κ2) is 17.3. The van der Waals surface area contributed by atoms with E-state index in [1.165, 1.54) is 6.21 Å². The number of rotatable bonds is 13. The number of aromatic nitrogens is 1. The molecule has 1 unspecified atom stereocenters. The molecule has 0 radical (unpaired) electrons. The molecule has 0 saturated heterocycles. The van der Waals surface area contributed by atoms with E-state index in [1.54, 1.807) is 36.5 Å². The van der Waals surface area contributed by atoms with Crippen LogP contribution in [0.3, 0.4) is 0 Å². The monoisotopic (exact) mass is 661 g/mol. The van der Waals surface area contributed by atoms with Crippen molar-refractivity contribution < 1.29 is 31.5 Å². The van der Waals surface area contributed by atoms with Gasteiger partial charge in [-0.25, -0.2) is 0 Å². The number of carbonyl (C=O) groups excluding carboxylic acids is 1. The number of carboxylic acids is 1. The largest absolute Gasteiger partial charge is 2.00 e. The summed E-state index contributed by atoms with van der Waals surface area (Å²) in [5.41, 5.74) is 2.59. The second-order valence-corrected chi connectivity index (χ2v) is 10.8. The molecule has 0 N–H and O–H groups in total. The number of pyridine rings is 1. The number of para-hydroxylation sites is 1. The first kappa shape index (κ1) is 34.5. The first-order valence-electron chi connectivity index (χ1n) is 15.0. The topological polar surface area (TPSA) is 101 Å². The summed E-state index contributed by atoms with van der Waals surface area (Å²) >= 11 is 0. The van der Waals surface area contributed by atoms with Gasteiger partial charge in [0.15, 0.2) is 0 Å². The van der Waals surface area contributed by atoms with Crippen LogP contribution in [-0.4, -0.2) is 23.1 Å². The third-order valence-corrected chi connectivity index (χ3v) is 7.51. The molecule has 4 aromatic carbocycles. The molecule has 47 heavy (non-hydrogen) atoms. The van der Waals surface area contributed by atoms with Crippen molar-refractivity contribution in [2.45, 2.75) is 18.9 Å². The molecular weight excluding hydrogens is 629 g/mol. The van der Waals surface area contributed by atoms with Gasteiger partial charge in [-0.1, -0.05) is 140 Å². The van der Waals surface area contributed by atoms with Crippen LogP contribution < -0.4 is 10.2 Å². The molecule has 1 aromatic heterocycles. The quantitative estimate of drug-likeness (QED) is 0.0804. The Labute approximate surface area is 285 Å². The Kier molecular flexibility index (Phi) is 12.7. The molecule has 6 nitrogen and oxygen atoms in total. The molecule has 0 aliphatic heterocycles. The zero-order valence-electron chi connectivity index (χ0n) is 25.5. The van der Waals surface area contributed by atoms with Gasteiger partial charge in [-0.05, 0) is 47.7 Å². The van der Waals surface area contributed by atoms with Crippen molar-refractivity contribution in [3.8, 4) is 0 Å².